The van der Waals surface area contributed by atoms with E-state index in [0.29, 0.717) is 6.54 Å². The number of allylic oxidation sites excluding steroid dienone is 3. The standard InChI is InChI=1S/C12H14N4/c1-2-3-7-16(9-6-13)8-4-5-12(10-14)11-15/h4-5,8H,2-3,7,9H2,1H3. The number of hydrogen-bond donors (Lipinski definition) is 0. The van der Waals surface area contributed by atoms with Crippen molar-refractivity contribution < 1.29 is 0 Å². The first-order valence-electron chi connectivity index (χ1n) is 5.08. The maximum Gasteiger partial charge on any atom is 0.129 e. The summed E-state index contributed by atoms with van der Waals surface area (Å²) in [5.74, 6) is 0. The number of unbranched alkanes of at least 4 members (excludes halogenated alkanes) is 1. The van der Waals surface area contributed by atoms with Gasteiger partial charge in [-0.05, 0) is 18.6 Å². The van der Waals surface area contributed by atoms with E-state index in [-0.39, 0.29) is 5.57 Å². The van der Waals surface area contributed by atoms with Gasteiger partial charge in [0.2, 0.25) is 0 Å². The number of nitrogens with zero attached hydrogens (tertiary/aromatic N) is 4. The molecule has 4 heteroatoms. The minimum absolute atomic E-state index is 0.0589. The summed E-state index contributed by atoms with van der Waals surface area (Å²) < 4.78 is 0. The molecular formula is C12H14N4. The van der Waals surface area contributed by atoms with Crippen molar-refractivity contribution in [3.63, 3.8) is 0 Å². The molecule has 0 aliphatic carbocycles. The van der Waals surface area contributed by atoms with Crippen molar-refractivity contribution in [3.05, 3.63) is 23.9 Å². The molecule has 0 saturated heterocycles. The predicted molar refractivity (Wildman–Crippen MR) is 60.5 cm³/mol. The first kappa shape index (κ1) is 13.8. The van der Waals surface area contributed by atoms with E-state index in [1.807, 2.05) is 4.90 Å². The highest BCUT2D eigenvalue weighted by Crippen LogP contribution is 1.97. The summed E-state index contributed by atoms with van der Waals surface area (Å²) in [4.78, 5) is 1.85. The van der Waals surface area contributed by atoms with E-state index in [0.717, 1.165) is 19.4 Å². The van der Waals surface area contributed by atoms with Crippen LogP contribution in [0, 0.1) is 34.0 Å². The molecule has 0 unspecified atom stereocenters. The Morgan fingerprint density at radius 2 is 1.94 bits per heavy atom. The van der Waals surface area contributed by atoms with Crippen LogP contribution in [0.3, 0.4) is 0 Å². The highest BCUT2D eigenvalue weighted by molar-refractivity contribution is 5.37. The number of nitriles is 3. The lowest BCUT2D eigenvalue weighted by molar-refractivity contribution is 0.408. The smallest absolute Gasteiger partial charge is 0.129 e. The Balaban J connectivity index is 4.35. The molecule has 0 atom stereocenters. The predicted octanol–water partition coefficient (Wildman–Crippen LogP) is 2.10. The van der Waals surface area contributed by atoms with Gasteiger partial charge in [-0.2, -0.15) is 15.8 Å². The lowest BCUT2D eigenvalue weighted by Gasteiger charge is -2.15. The van der Waals surface area contributed by atoms with Gasteiger partial charge in [0.15, 0.2) is 0 Å². The normalized spacial score (nSPS) is 8.88. The van der Waals surface area contributed by atoms with Crippen molar-refractivity contribution in [1.82, 2.24) is 4.90 Å². The van der Waals surface area contributed by atoms with Crippen LogP contribution in [0.4, 0.5) is 0 Å². The molecule has 16 heavy (non-hydrogen) atoms. The second-order valence-corrected chi connectivity index (χ2v) is 3.13. The lowest BCUT2D eigenvalue weighted by Crippen LogP contribution is -2.18. The molecule has 0 heterocycles. The highest BCUT2D eigenvalue weighted by atomic mass is 15.1. The van der Waals surface area contributed by atoms with E-state index in [4.69, 9.17) is 15.8 Å². The lowest BCUT2D eigenvalue weighted by atomic mass is 10.3. The fraction of sp³-hybridized carbons (Fsp3) is 0.417. The summed E-state index contributed by atoms with van der Waals surface area (Å²) in [5.41, 5.74) is 0.0589. The van der Waals surface area contributed by atoms with E-state index in [2.05, 4.69) is 13.0 Å². The third-order valence-corrected chi connectivity index (χ3v) is 1.87. The van der Waals surface area contributed by atoms with Gasteiger partial charge in [-0.15, -0.1) is 0 Å². The van der Waals surface area contributed by atoms with Crippen LogP contribution >= 0.6 is 0 Å². The molecule has 0 aromatic carbocycles. The quantitative estimate of drug-likeness (QED) is 0.385. The van der Waals surface area contributed by atoms with E-state index < -0.39 is 0 Å². The Morgan fingerprint density at radius 3 is 2.44 bits per heavy atom. The zero-order valence-electron chi connectivity index (χ0n) is 9.35. The van der Waals surface area contributed by atoms with Gasteiger partial charge in [0, 0.05) is 12.7 Å². The van der Waals surface area contributed by atoms with Crippen molar-refractivity contribution in [2.24, 2.45) is 0 Å². The molecule has 0 radical (unpaired) electrons. The molecule has 4 nitrogen and oxygen atoms in total. The molecular weight excluding hydrogens is 200 g/mol. The van der Waals surface area contributed by atoms with Gasteiger partial charge in [0.25, 0.3) is 0 Å². The first-order valence-corrected chi connectivity index (χ1v) is 5.08. The van der Waals surface area contributed by atoms with Crippen LogP contribution in [-0.4, -0.2) is 18.0 Å². The van der Waals surface area contributed by atoms with Gasteiger partial charge in [0.05, 0.1) is 6.07 Å². The van der Waals surface area contributed by atoms with Crippen molar-refractivity contribution in [1.29, 1.82) is 15.8 Å². The number of rotatable bonds is 6. The van der Waals surface area contributed by atoms with E-state index in [1.54, 1.807) is 24.4 Å². The van der Waals surface area contributed by atoms with E-state index >= 15 is 0 Å². The maximum atomic E-state index is 8.59. The average Bonchev–Trinajstić information content (AvgIpc) is 2.31. The summed E-state index contributed by atoms with van der Waals surface area (Å²) in [6, 6.07) is 5.60. The average molecular weight is 214 g/mol. The van der Waals surface area contributed by atoms with Crippen molar-refractivity contribution in [2.75, 3.05) is 13.1 Å². The molecule has 0 spiro atoms. The third-order valence-electron chi connectivity index (χ3n) is 1.87. The van der Waals surface area contributed by atoms with Crippen molar-refractivity contribution in [3.8, 4) is 18.2 Å². The molecule has 0 fully saturated rings. The van der Waals surface area contributed by atoms with Crippen LogP contribution in [0.25, 0.3) is 0 Å². The third kappa shape index (κ3) is 6.24. The monoisotopic (exact) mass is 214 g/mol. The molecule has 0 aliphatic heterocycles. The molecule has 0 N–H and O–H groups in total. The minimum atomic E-state index is 0.0589. The Bertz CT molecular complexity index is 357. The molecule has 0 aromatic rings. The Labute approximate surface area is 96.3 Å². The zero-order valence-corrected chi connectivity index (χ0v) is 9.35. The second-order valence-electron chi connectivity index (χ2n) is 3.13. The van der Waals surface area contributed by atoms with Gasteiger partial charge < -0.3 is 4.90 Å². The molecule has 0 rings (SSSR count). The van der Waals surface area contributed by atoms with Crippen molar-refractivity contribution >= 4 is 0 Å². The summed E-state index contributed by atoms with van der Waals surface area (Å²) in [7, 11) is 0. The van der Waals surface area contributed by atoms with Crippen LogP contribution in [0.1, 0.15) is 19.8 Å². The molecule has 0 aromatic heterocycles. The van der Waals surface area contributed by atoms with Crippen LogP contribution in [-0.2, 0) is 0 Å². The van der Waals surface area contributed by atoms with Crippen LogP contribution in [0.15, 0.2) is 23.9 Å². The SMILES string of the molecule is CCCCN(C=CC=C(C#N)C#N)CC#N. The fourth-order valence-electron chi connectivity index (χ4n) is 1.02. The Hall–Kier alpha value is -2.25. The minimum Gasteiger partial charge on any atom is -0.364 e. The molecule has 0 bridgehead atoms. The summed E-state index contributed by atoms with van der Waals surface area (Å²) in [5, 5.41) is 25.6. The van der Waals surface area contributed by atoms with Crippen LogP contribution in [0.5, 0.6) is 0 Å². The van der Waals surface area contributed by atoms with E-state index in [9.17, 15) is 0 Å². The maximum absolute atomic E-state index is 8.59. The number of hydrogen-bond acceptors (Lipinski definition) is 4. The van der Waals surface area contributed by atoms with Gasteiger partial charge >= 0.3 is 0 Å². The Kier molecular flexibility index (Phi) is 8.00. The van der Waals surface area contributed by atoms with Gasteiger partial charge in [0.1, 0.15) is 24.3 Å². The molecule has 0 amide bonds. The van der Waals surface area contributed by atoms with Gasteiger partial charge in [-0.3, -0.25) is 0 Å². The second kappa shape index (κ2) is 9.31. The summed E-state index contributed by atoms with van der Waals surface area (Å²) in [6.45, 7) is 3.21. The first-order chi connectivity index (χ1) is 7.78. The van der Waals surface area contributed by atoms with Crippen LogP contribution < -0.4 is 0 Å². The van der Waals surface area contributed by atoms with Gasteiger partial charge in [-0.1, -0.05) is 13.3 Å². The van der Waals surface area contributed by atoms with Gasteiger partial charge in [-0.25, -0.2) is 0 Å². The summed E-state index contributed by atoms with van der Waals surface area (Å²) in [6.07, 6.45) is 6.87. The highest BCUT2D eigenvalue weighted by Gasteiger charge is 1.96. The topological polar surface area (TPSA) is 74.6 Å². The molecule has 82 valence electrons. The summed E-state index contributed by atoms with van der Waals surface area (Å²) >= 11 is 0. The largest absolute Gasteiger partial charge is 0.364 e. The fourth-order valence-corrected chi connectivity index (χ4v) is 1.02. The van der Waals surface area contributed by atoms with E-state index in [1.165, 1.54) is 6.08 Å². The van der Waals surface area contributed by atoms with Crippen LogP contribution in [0.2, 0.25) is 0 Å². The zero-order chi connectivity index (χ0) is 12.2. The molecule has 0 saturated carbocycles. The Morgan fingerprint density at radius 1 is 1.25 bits per heavy atom. The van der Waals surface area contributed by atoms with Crippen molar-refractivity contribution in [2.45, 2.75) is 19.8 Å². The molecule has 0 aliphatic rings.